The quantitative estimate of drug-likeness (QED) is 0.326. The maximum atomic E-state index is 8.52. The van der Waals surface area contributed by atoms with E-state index in [0.717, 1.165) is 0 Å². The molecule has 0 saturated carbocycles. The van der Waals surface area contributed by atoms with Crippen molar-refractivity contribution in [3.63, 3.8) is 0 Å². The van der Waals surface area contributed by atoms with Crippen LogP contribution in [-0.4, -0.2) is 70.0 Å². The Morgan fingerprint density at radius 1 is 1.33 bits per heavy atom. The van der Waals surface area contributed by atoms with Crippen LogP contribution in [0.15, 0.2) is 0 Å². The summed E-state index contributed by atoms with van der Waals surface area (Å²) in [5, 5.41) is 0. The van der Waals surface area contributed by atoms with Crippen molar-refractivity contribution in [2.75, 3.05) is 0 Å². The van der Waals surface area contributed by atoms with Gasteiger partial charge in [0.15, 0.2) is 0 Å². The topological polar surface area (TPSA) is 63.2 Å². The molecule has 6 heteroatoms. The van der Waals surface area contributed by atoms with Gasteiger partial charge < -0.3 is 14.1 Å². The van der Waals surface area contributed by atoms with Crippen molar-refractivity contribution in [1.29, 1.82) is 0 Å². The zero-order chi connectivity index (χ0) is 3.58. The number of hydrogen-bond donors (Lipinski definition) is 0. The molecule has 0 aliphatic heterocycles. The third kappa shape index (κ3) is 45.1. The third-order valence-corrected chi connectivity index (χ3v) is 0. The predicted octanol–water partition coefficient (Wildman–Crippen LogP) is -3.64. The molecule has 0 aromatic carbocycles. The molecule has 0 unspecified atom stereocenters. The summed E-state index contributed by atoms with van der Waals surface area (Å²) in [6.45, 7) is 0. The Balaban J connectivity index is -0.0000000450. The molecule has 0 bridgehead atoms. The smallest absolute Gasteiger partial charge is 0.672 e. The van der Waals surface area contributed by atoms with Gasteiger partial charge in [0, 0.05) is 9.17 Å². The van der Waals surface area contributed by atoms with Crippen LogP contribution < -0.4 is 9.59 Å². The molecule has 0 N–H and O–H groups in total. The van der Waals surface area contributed by atoms with Crippen molar-refractivity contribution in [2.24, 2.45) is 0 Å². The summed E-state index contributed by atoms with van der Waals surface area (Å²) in [6.07, 6.45) is 0. The summed E-state index contributed by atoms with van der Waals surface area (Å²) in [7, 11) is -3.63. The van der Waals surface area contributed by atoms with Gasteiger partial charge in [-0.25, -0.2) is 0 Å². The average Bonchev–Trinajstić information content (AvgIpc) is 0.811. The molecule has 0 amide bonds. The van der Waals surface area contributed by atoms with Crippen LogP contribution in [0.4, 0.5) is 0 Å². The minimum atomic E-state index is -3.63. The van der Waals surface area contributed by atoms with Crippen LogP contribution in [0.25, 0.3) is 0 Å². The Labute approximate surface area is 82.8 Å². The van der Waals surface area contributed by atoms with E-state index in [-0.39, 0.29) is 60.8 Å². The molecular formula is CaMgO3Si+2. The van der Waals surface area contributed by atoms with Gasteiger partial charge in [-0.3, -0.25) is 0 Å². The molecule has 0 spiro atoms. The minimum absolute atomic E-state index is 0. The zero-order valence-corrected chi connectivity index (χ0v) is 7.76. The Hall–Kier alpha value is 1.64. The Kier molecular flexibility index (Phi) is 25.6. The fraction of sp³-hybridized carbons (Fsp3) is 0. The van der Waals surface area contributed by atoms with E-state index in [1.807, 2.05) is 0 Å². The van der Waals surface area contributed by atoms with Crippen LogP contribution in [0.5, 0.6) is 0 Å². The average molecular weight is 140 g/mol. The second kappa shape index (κ2) is 9.81. The van der Waals surface area contributed by atoms with Crippen LogP contribution in [0.1, 0.15) is 0 Å². The third-order valence-electron chi connectivity index (χ3n) is 0. The van der Waals surface area contributed by atoms with E-state index < -0.39 is 9.17 Å². The molecule has 0 heterocycles. The van der Waals surface area contributed by atoms with Gasteiger partial charge in [-0.1, -0.05) is 0 Å². The molecule has 0 rings (SSSR count). The van der Waals surface area contributed by atoms with Crippen LogP contribution in [0, 0.1) is 0 Å². The molecule has 0 radical (unpaired) electrons. The van der Waals surface area contributed by atoms with Gasteiger partial charge in [-0.05, 0) is 0 Å². The Bertz CT molecular complexity index is 33.8. The maximum Gasteiger partial charge on any atom is 2.00 e. The van der Waals surface area contributed by atoms with E-state index >= 15 is 0 Å². The van der Waals surface area contributed by atoms with E-state index in [9.17, 15) is 0 Å². The standard InChI is InChI=1S/Ca.Mg.O3Si/c;;1-4(2)3/q2*+2;-2. The summed E-state index contributed by atoms with van der Waals surface area (Å²) in [5.41, 5.74) is 0. The van der Waals surface area contributed by atoms with E-state index in [0.29, 0.717) is 0 Å². The van der Waals surface area contributed by atoms with Gasteiger partial charge in [0.1, 0.15) is 0 Å². The summed E-state index contributed by atoms with van der Waals surface area (Å²) < 4.78 is 8.52. The number of rotatable bonds is 0. The molecular weight excluding hydrogens is 140 g/mol. The van der Waals surface area contributed by atoms with E-state index in [2.05, 4.69) is 0 Å². The Morgan fingerprint density at radius 2 is 1.33 bits per heavy atom. The predicted molar refractivity (Wildman–Crippen MR) is 17.9 cm³/mol. The summed E-state index contributed by atoms with van der Waals surface area (Å²) in [5.74, 6) is 0. The molecule has 0 fully saturated rings. The van der Waals surface area contributed by atoms with Gasteiger partial charge in [0.2, 0.25) is 0 Å². The first-order valence-electron chi connectivity index (χ1n) is 0.612. The molecule has 24 valence electrons. The molecule has 3 nitrogen and oxygen atoms in total. The first-order chi connectivity index (χ1) is 1.73. The molecule has 0 aliphatic rings. The minimum Gasteiger partial charge on any atom is -0.672 e. The van der Waals surface area contributed by atoms with Gasteiger partial charge >= 0.3 is 60.8 Å². The SMILES string of the molecule is O=[Si]([O-])[O-].[Ca+2].[Mg+2]. The van der Waals surface area contributed by atoms with Crippen molar-refractivity contribution in [2.45, 2.75) is 0 Å². The van der Waals surface area contributed by atoms with Crippen molar-refractivity contribution in [3.05, 3.63) is 0 Å². The van der Waals surface area contributed by atoms with Crippen molar-refractivity contribution < 1.29 is 14.1 Å². The number of hydrogen-bond acceptors (Lipinski definition) is 3. The van der Waals surface area contributed by atoms with Crippen LogP contribution >= 0.6 is 0 Å². The summed E-state index contributed by atoms with van der Waals surface area (Å²) >= 11 is 0. The van der Waals surface area contributed by atoms with Gasteiger partial charge in [0.25, 0.3) is 0 Å². The molecule has 6 heavy (non-hydrogen) atoms. The van der Waals surface area contributed by atoms with Gasteiger partial charge in [0.05, 0.1) is 0 Å². The zero-order valence-electron chi connectivity index (χ0n) is 3.14. The van der Waals surface area contributed by atoms with Crippen molar-refractivity contribution >= 4 is 70.0 Å². The molecule has 0 aliphatic carbocycles. The Morgan fingerprint density at radius 3 is 1.33 bits per heavy atom. The van der Waals surface area contributed by atoms with Crippen molar-refractivity contribution in [1.82, 2.24) is 0 Å². The van der Waals surface area contributed by atoms with Crippen LogP contribution in [0.3, 0.4) is 0 Å². The first-order valence-corrected chi connectivity index (χ1v) is 1.84. The normalized spacial score (nSPS) is 4.00. The monoisotopic (exact) mass is 140 g/mol. The van der Waals surface area contributed by atoms with E-state index in [1.165, 1.54) is 0 Å². The fourth-order valence-corrected chi connectivity index (χ4v) is 0. The van der Waals surface area contributed by atoms with E-state index in [1.54, 1.807) is 0 Å². The first kappa shape index (κ1) is 15.6. The largest absolute Gasteiger partial charge is 2.00 e. The van der Waals surface area contributed by atoms with Crippen LogP contribution in [0.2, 0.25) is 0 Å². The molecule has 0 aromatic rings. The molecule has 0 atom stereocenters. The fourth-order valence-electron chi connectivity index (χ4n) is 0. The molecule has 0 aromatic heterocycles. The van der Waals surface area contributed by atoms with Gasteiger partial charge in [-0.15, -0.1) is 0 Å². The molecule has 0 saturated heterocycles. The summed E-state index contributed by atoms with van der Waals surface area (Å²) in [6, 6.07) is 0. The maximum absolute atomic E-state index is 8.52. The van der Waals surface area contributed by atoms with Crippen molar-refractivity contribution in [3.8, 4) is 0 Å². The van der Waals surface area contributed by atoms with Gasteiger partial charge in [-0.2, -0.15) is 0 Å². The van der Waals surface area contributed by atoms with E-state index in [4.69, 9.17) is 14.1 Å². The second-order valence-corrected chi connectivity index (χ2v) is 0.750. The second-order valence-electron chi connectivity index (χ2n) is 0.250. The van der Waals surface area contributed by atoms with Crippen LogP contribution in [-0.2, 0) is 4.46 Å². The summed E-state index contributed by atoms with van der Waals surface area (Å²) in [4.78, 5) is 17.0.